The van der Waals surface area contributed by atoms with Gasteiger partial charge in [0, 0.05) is 12.1 Å². The second-order valence-corrected chi connectivity index (χ2v) is 4.92. The highest BCUT2D eigenvalue weighted by Gasteiger charge is 2.13. The summed E-state index contributed by atoms with van der Waals surface area (Å²) >= 11 is 0. The molecule has 19 heavy (non-hydrogen) atoms. The van der Waals surface area contributed by atoms with Crippen LogP contribution in [0.15, 0.2) is 18.2 Å². The van der Waals surface area contributed by atoms with E-state index in [9.17, 15) is 4.79 Å². The fourth-order valence-corrected chi connectivity index (χ4v) is 2.25. The number of aryl methyl sites for hydroxylation is 2. The first-order chi connectivity index (χ1) is 9.15. The highest BCUT2D eigenvalue weighted by molar-refractivity contribution is 5.92. The van der Waals surface area contributed by atoms with Crippen LogP contribution in [0.3, 0.4) is 0 Å². The molecule has 0 radical (unpaired) electrons. The summed E-state index contributed by atoms with van der Waals surface area (Å²) in [5.41, 5.74) is 9.07. The summed E-state index contributed by atoms with van der Waals surface area (Å²) in [6, 6.07) is 6.21. The van der Waals surface area contributed by atoms with Gasteiger partial charge in [-0.3, -0.25) is 4.79 Å². The largest absolute Gasteiger partial charge is 0.330 e. The third kappa shape index (κ3) is 4.35. The molecular formula is C16H26N2O. The second kappa shape index (κ2) is 7.95. The molecule has 0 bridgehead atoms. The molecular weight excluding hydrogens is 236 g/mol. The second-order valence-electron chi connectivity index (χ2n) is 4.92. The van der Waals surface area contributed by atoms with E-state index in [2.05, 4.69) is 44.3 Å². The summed E-state index contributed by atoms with van der Waals surface area (Å²) in [6.07, 6.45) is 3.31. The summed E-state index contributed by atoms with van der Waals surface area (Å²) in [4.78, 5) is 12.1. The highest BCUT2D eigenvalue weighted by Crippen LogP contribution is 2.23. The van der Waals surface area contributed by atoms with E-state index in [1.165, 1.54) is 11.1 Å². The third-order valence-electron chi connectivity index (χ3n) is 3.65. The zero-order chi connectivity index (χ0) is 14.3. The number of rotatable bonds is 7. The van der Waals surface area contributed by atoms with E-state index in [4.69, 9.17) is 5.73 Å². The molecule has 0 spiro atoms. The van der Waals surface area contributed by atoms with Gasteiger partial charge in [-0.05, 0) is 36.4 Å². The van der Waals surface area contributed by atoms with Gasteiger partial charge in [0.15, 0.2) is 0 Å². The molecule has 0 saturated heterocycles. The Balaban J connectivity index is 2.83. The predicted octanol–water partition coefficient (Wildman–Crippen LogP) is 3.12. The topological polar surface area (TPSA) is 55.1 Å². The minimum Gasteiger partial charge on any atom is -0.330 e. The van der Waals surface area contributed by atoms with E-state index < -0.39 is 0 Å². The summed E-state index contributed by atoms with van der Waals surface area (Å²) in [6.45, 7) is 6.86. The molecule has 1 amide bonds. The molecule has 1 rings (SSSR count). The average molecular weight is 262 g/mol. The van der Waals surface area contributed by atoms with Crippen molar-refractivity contribution in [2.45, 2.75) is 46.5 Å². The van der Waals surface area contributed by atoms with Crippen LogP contribution in [0.2, 0.25) is 0 Å². The van der Waals surface area contributed by atoms with Crippen molar-refractivity contribution in [1.82, 2.24) is 0 Å². The number of nitrogens with one attached hydrogen (secondary N) is 1. The van der Waals surface area contributed by atoms with Gasteiger partial charge in [0.1, 0.15) is 0 Å². The molecule has 0 aliphatic heterocycles. The normalized spacial score (nSPS) is 12.2. The van der Waals surface area contributed by atoms with Crippen LogP contribution in [0.4, 0.5) is 5.69 Å². The Kier molecular flexibility index (Phi) is 6.57. The maximum absolute atomic E-state index is 12.1. The molecule has 0 fully saturated rings. The molecule has 3 heteroatoms. The molecule has 0 heterocycles. The van der Waals surface area contributed by atoms with Crippen LogP contribution in [0, 0.1) is 5.92 Å². The van der Waals surface area contributed by atoms with E-state index in [1.54, 1.807) is 0 Å². The molecule has 1 atom stereocenters. The molecule has 1 aromatic rings. The zero-order valence-corrected chi connectivity index (χ0v) is 12.3. The van der Waals surface area contributed by atoms with Crippen LogP contribution in [-0.4, -0.2) is 12.5 Å². The minimum atomic E-state index is 0.0768. The number of anilines is 1. The number of nitrogens with two attached hydrogens (primary N) is 1. The lowest BCUT2D eigenvalue weighted by atomic mass is 10.0. The number of hydrogen-bond donors (Lipinski definition) is 2. The predicted molar refractivity (Wildman–Crippen MR) is 81.3 cm³/mol. The summed E-state index contributed by atoms with van der Waals surface area (Å²) in [5, 5.41) is 3.09. The minimum absolute atomic E-state index is 0.0768. The van der Waals surface area contributed by atoms with Crippen molar-refractivity contribution in [3.8, 4) is 0 Å². The summed E-state index contributed by atoms with van der Waals surface area (Å²) < 4.78 is 0. The van der Waals surface area contributed by atoms with Crippen LogP contribution >= 0.6 is 0 Å². The lowest BCUT2D eigenvalue weighted by molar-refractivity contribution is -0.117. The van der Waals surface area contributed by atoms with Crippen LogP contribution in [0.5, 0.6) is 0 Å². The Morgan fingerprint density at radius 2 is 1.79 bits per heavy atom. The van der Waals surface area contributed by atoms with E-state index in [-0.39, 0.29) is 11.8 Å². The van der Waals surface area contributed by atoms with Crippen molar-refractivity contribution in [3.05, 3.63) is 29.3 Å². The van der Waals surface area contributed by atoms with Gasteiger partial charge in [-0.15, -0.1) is 0 Å². The molecule has 106 valence electrons. The smallest absolute Gasteiger partial charge is 0.224 e. The van der Waals surface area contributed by atoms with Gasteiger partial charge in [0.25, 0.3) is 0 Å². The van der Waals surface area contributed by atoms with Crippen molar-refractivity contribution >= 4 is 11.6 Å². The first-order valence-corrected chi connectivity index (χ1v) is 7.26. The van der Waals surface area contributed by atoms with E-state index in [0.717, 1.165) is 24.9 Å². The number of hydrogen-bond acceptors (Lipinski definition) is 2. The lowest BCUT2D eigenvalue weighted by Crippen LogP contribution is -2.22. The highest BCUT2D eigenvalue weighted by atomic mass is 16.1. The van der Waals surface area contributed by atoms with Gasteiger partial charge in [0.2, 0.25) is 5.91 Å². The summed E-state index contributed by atoms with van der Waals surface area (Å²) in [7, 11) is 0. The van der Waals surface area contributed by atoms with Crippen LogP contribution in [0.1, 0.15) is 44.7 Å². The Morgan fingerprint density at radius 1 is 1.21 bits per heavy atom. The molecule has 0 aliphatic carbocycles. The monoisotopic (exact) mass is 262 g/mol. The average Bonchev–Trinajstić information content (AvgIpc) is 2.44. The summed E-state index contributed by atoms with van der Waals surface area (Å²) in [5.74, 6) is 0.353. The number of amides is 1. The fraction of sp³-hybridized carbons (Fsp3) is 0.562. The van der Waals surface area contributed by atoms with Gasteiger partial charge < -0.3 is 11.1 Å². The molecule has 0 aliphatic rings. The van der Waals surface area contributed by atoms with E-state index >= 15 is 0 Å². The number of carbonyl (C=O) groups excluding carboxylic acids is 1. The quantitative estimate of drug-likeness (QED) is 0.793. The number of benzene rings is 1. The van der Waals surface area contributed by atoms with E-state index in [0.29, 0.717) is 13.0 Å². The lowest BCUT2D eigenvalue weighted by Gasteiger charge is -2.16. The molecule has 3 nitrogen and oxygen atoms in total. The Morgan fingerprint density at radius 3 is 2.21 bits per heavy atom. The van der Waals surface area contributed by atoms with Gasteiger partial charge in [-0.1, -0.05) is 45.4 Å². The van der Waals surface area contributed by atoms with Crippen molar-refractivity contribution in [1.29, 1.82) is 0 Å². The fourth-order valence-electron chi connectivity index (χ4n) is 2.25. The van der Waals surface area contributed by atoms with Gasteiger partial charge in [0.05, 0.1) is 0 Å². The van der Waals surface area contributed by atoms with Crippen molar-refractivity contribution in [3.63, 3.8) is 0 Å². The molecule has 3 N–H and O–H groups in total. The Bertz CT molecular complexity index is 389. The van der Waals surface area contributed by atoms with Crippen LogP contribution < -0.4 is 11.1 Å². The molecule has 0 aromatic heterocycles. The first kappa shape index (κ1) is 15.7. The molecule has 0 saturated carbocycles. The van der Waals surface area contributed by atoms with Crippen molar-refractivity contribution in [2.75, 3.05) is 11.9 Å². The first-order valence-electron chi connectivity index (χ1n) is 7.26. The van der Waals surface area contributed by atoms with E-state index in [1.807, 2.05) is 0 Å². The maximum atomic E-state index is 12.1. The Hall–Kier alpha value is -1.35. The van der Waals surface area contributed by atoms with Crippen molar-refractivity contribution < 1.29 is 4.79 Å². The number of para-hydroxylation sites is 1. The van der Waals surface area contributed by atoms with Gasteiger partial charge in [-0.2, -0.15) is 0 Å². The van der Waals surface area contributed by atoms with Crippen LogP contribution in [0.25, 0.3) is 0 Å². The molecule has 1 unspecified atom stereocenters. The van der Waals surface area contributed by atoms with Gasteiger partial charge in [-0.25, -0.2) is 0 Å². The standard InChI is InChI=1S/C16H26N2O/c1-4-12(11-17)10-15(19)18-16-13(5-2)8-7-9-14(16)6-3/h7-9,12H,4-6,10-11,17H2,1-3H3,(H,18,19). The maximum Gasteiger partial charge on any atom is 0.224 e. The number of carbonyl (C=O) groups is 1. The SMILES string of the molecule is CCc1cccc(CC)c1NC(=O)CC(CC)CN. The third-order valence-corrected chi connectivity index (χ3v) is 3.65. The Labute approximate surface area is 116 Å². The zero-order valence-electron chi connectivity index (χ0n) is 12.3. The van der Waals surface area contributed by atoms with Gasteiger partial charge >= 0.3 is 0 Å². The molecule has 1 aromatic carbocycles. The van der Waals surface area contributed by atoms with Crippen LogP contribution in [-0.2, 0) is 17.6 Å². The van der Waals surface area contributed by atoms with Crippen molar-refractivity contribution in [2.24, 2.45) is 11.7 Å².